The Bertz CT molecular complexity index is 187. The van der Waals surface area contributed by atoms with Gasteiger partial charge in [0, 0.05) is 0 Å². The molecule has 0 saturated heterocycles. The van der Waals surface area contributed by atoms with E-state index in [-0.39, 0.29) is 17.4 Å². The molecular weight excluding hydrogens is 180 g/mol. The number of hydroxylamine groups is 1. The third-order valence-corrected chi connectivity index (χ3v) is 2.02. The lowest BCUT2D eigenvalue weighted by atomic mass is 10.00. The predicted molar refractivity (Wildman–Crippen MR) is 56.4 cm³/mol. The normalized spacial score (nSPS) is 16.1. The Balaban J connectivity index is 3.97. The van der Waals surface area contributed by atoms with E-state index in [4.69, 9.17) is 10.6 Å². The van der Waals surface area contributed by atoms with Gasteiger partial charge in [0.05, 0.1) is 11.6 Å². The molecule has 0 bridgehead atoms. The van der Waals surface area contributed by atoms with E-state index < -0.39 is 6.04 Å². The Hall–Kier alpha value is -0.610. The van der Waals surface area contributed by atoms with Crippen molar-refractivity contribution in [2.24, 2.45) is 11.7 Å². The minimum atomic E-state index is -0.498. The lowest BCUT2D eigenvalue weighted by Crippen LogP contribution is -2.46. The van der Waals surface area contributed by atoms with Crippen molar-refractivity contribution in [2.75, 3.05) is 0 Å². The van der Waals surface area contributed by atoms with Gasteiger partial charge >= 0.3 is 0 Å². The van der Waals surface area contributed by atoms with Crippen molar-refractivity contribution in [3.63, 3.8) is 0 Å². The maximum Gasteiger partial charge on any atom is 0.260 e. The van der Waals surface area contributed by atoms with E-state index >= 15 is 0 Å². The Kier molecular flexibility index (Phi) is 5.08. The third kappa shape index (κ3) is 5.19. The van der Waals surface area contributed by atoms with Gasteiger partial charge in [0.1, 0.15) is 0 Å². The highest BCUT2D eigenvalue weighted by molar-refractivity contribution is 5.80. The van der Waals surface area contributed by atoms with Crippen molar-refractivity contribution in [1.29, 1.82) is 0 Å². The van der Waals surface area contributed by atoms with Gasteiger partial charge in [0.25, 0.3) is 5.91 Å². The van der Waals surface area contributed by atoms with Gasteiger partial charge in [-0.1, -0.05) is 20.3 Å². The molecule has 84 valence electrons. The number of amides is 1. The SMILES string of the molecule is CC[C@H](C)[C@H](N)C(=O)NOC(C)(C)C. The summed E-state index contributed by atoms with van der Waals surface area (Å²) in [5.41, 5.74) is 7.70. The smallest absolute Gasteiger partial charge is 0.260 e. The molecule has 0 fully saturated rings. The van der Waals surface area contributed by atoms with Crippen molar-refractivity contribution in [1.82, 2.24) is 5.48 Å². The van der Waals surface area contributed by atoms with Crippen LogP contribution in [0.1, 0.15) is 41.0 Å². The number of carbonyl (C=O) groups is 1. The van der Waals surface area contributed by atoms with Crippen LogP contribution in [0, 0.1) is 5.92 Å². The summed E-state index contributed by atoms with van der Waals surface area (Å²) in [6.07, 6.45) is 0.879. The van der Waals surface area contributed by atoms with E-state index in [0.717, 1.165) is 6.42 Å². The summed E-state index contributed by atoms with van der Waals surface area (Å²) < 4.78 is 0. The quantitative estimate of drug-likeness (QED) is 0.673. The molecule has 3 N–H and O–H groups in total. The van der Waals surface area contributed by atoms with Crippen LogP contribution in [0.5, 0.6) is 0 Å². The van der Waals surface area contributed by atoms with E-state index in [9.17, 15) is 4.79 Å². The Morgan fingerprint density at radius 3 is 2.36 bits per heavy atom. The van der Waals surface area contributed by atoms with Crippen LogP contribution >= 0.6 is 0 Å². The number of hydrogen-bond acceptors (Lipinski definition) is 3. The second kappa shape index (κ2) is 5.32. The molecule has 0 rings (SSSR count). The molecular formula is C10H22N2O2. The van der Waals surface area contributed by atoms with Gasteiger partial charge in [-0.3, -0.25) is 9.63 Å². The molecule has 0 unspecified atom stereocenters. The van der Waals surface area contributed by atoms with Gasteiger partial charge in [-0.15, -0.1) is 0 Å². The zero-order chi connectivity index (χ0) is 11.4. The molecule has 4 nitrogen and oxygen atoms in total. The molecule has 2 atom stereocenters. The summed E-state index contributed by atoms with van der Waals surface area (Å²) in [7, 11) is 0. The molecule has 0 aromatic heterocycles. The standard InChI is InChI=1S/C10H22N2O2/c1-6-7(2)8(11)9(13)12-14-10(3,4)5/h7-8H,6,11H2,1-5H3,(H,12,13)/t7-,8-/m0/s1. The van der Waals surface area contributed by atoms with Crippen LogP contribution in [0.2, 0.25) is 0 Å². The summed E-state index contributed by atoms with van der Waals surface area (Å²) in [5, 5.41) is 0. The first-order chi connectivity index (χ1) is 6.28. The van der Waals surface area contributed by atoms with Crippen LogP contribution in [-0.2, 0) is 9.63 Å². The topological polar surface area (TPSA) is 64.4 Å². The van der Waals surface area contributed by atoms with Crippen LogP contribution in [0.4, 0.5) is 0 Å². The maximum absolute atomic E-state index is 11.4. The van der Waals surface area contributed by atoms with Gasteiger partial charge in [-0.05, 0) is 26.7 Å². The van der Waals surface area contributed by atoms with Crippen LogP contribution in [0.25, 0.3) is 0 Å². The van der Waals surface area contributed by atoms with Crippen LogP contribution in [0.15, 0.2) is 0 Å². The Morgan fingerprint density at radius 2 is 2.00 bits per heavy atom. The predicted octanol–water partition coefficient (Wildman–Crippen LogP) is 1.21. The number of rotatable bonds is 4. The molecule has 0 saturated carbocycles. The summed E-state index contributed by atoms with van der Waals surface area (Å²) in [6, 6.07) is -0.498. The monoisotopic (exact) mass is 202 g/mol. The van der Waals surface area contributed by atoms with Gasteiger partial charge in [-0.2, -0.15) is 0 Å². The van der Waals surface area contributed by atoms with E-state index in [1.165, 1.54) is 0 Å². The number of hydrogen-bond donors (Lipinski definition) is 2. The third-order valence-electron chi connectivity index (χ3n) is 2.02. The molecule has 0 spiro atoms. The van der Waals surface area contributed by atoms with Gasteiger partial charge in [0.15, 0.2) is 0 Å². The van der Waals surface area contributed by atoms with Crippen molar-refractivity contribution in [3.05, 3.63) is 0 Å². The largest absolute Gasteiger partial charge is 0.320 e. The minimum Gasteiger partial charge on any atom is -0.320 e. The summed E-state index contributed by atoms with van der Waals surface area (Å²) >= 11 is 0. The second-order valence-corrected chi connectivity index (χ2v) is 4.59. The highest BCUT2D eigenvalue weighted by atomic mass is 16.7. The molecule has 0 aromatic carbocycles. The highest BCUT2D eigenvalue weighted by Gasteiger charge is 2.21. The molecule has 4 heteroatoms. The van der Waals surface area contributed by atoms with Crippen LogP contribution in [0.3, 0.4) is 0 Å². The van der Waals surface area contributed by atoms with Crippen molar-refractivity contribution >= 4 is 5.91 Å². The molecule has 14 heavy (non-hydrogen) atoms. The van der Waals surface area contributed by atoms with Crippen LogP contribution < -0.4 is 11.2 Å². The Labute approximate surface area is 86.1 Å². The second-order valence-electron chi connectivity index (χ2n) is 4.59. The fourth-order valence-corrected chi connectivity index (χ4v) is 0.784. The first kappa shape index (κ1) is 13.4. The lowest BCUT2D eigenvalue weighted by Gasteiger charge is -2.22. The average molecular weight is 202 g/mol. The minimum absolute atomic E-state index is 0.165. The molecule has 0 heterocycles. The number of nitrogens with two attached hydrogens (primary N) is 1. The first-order valence-corrected chi connectivity index (χ1v) is 5.01. The summed E-state index contributed by atoms with van der Waals surface area (Å²) in [5.74, 6) is -0.0900. The molecule has 0 aromatic rings. The first-order valence-electron chi connectivity index (χ1n) is 5.01. The van der Waals surface area contributed by atoms with Crippen LogP contribution in [-0.4, -0.2) is 17.6 Å². The molecule has 0 aliphatic heterocycles. The fraction of sp³-hybridized carbons (Fsp3) is 0.900. The summed E-state index contributed by atoms with van der Waals surface area (Å²) in [6.45, 7) is 9.54. The van der Waals surface area contributed by atoms with Crippen molar-refractivity contribution < 1.29 is 9.63 Å². The fourth-order valence-electron chi connectivity index (χ4n) is 0.784. The van der Waals surface area contributed by atoms with E-state index in [1.54, 1.807) is 0 Å². The lowest BCUT2D eigenvalue weighted by molar-refractivity contribution is -0.148. The van der Waals surface area contributed by atoms with E-state index in [2.05, 4.69) is 5.48 Å². The number of nitrogens with one attached hydrogen (secondary N) is 1. The average Bonchev–Trinajstić information content (AvgIpc) is 2.10. The highest BCUT2D eigenvalue weighted by Crippen LogP contribution is 2.07. The molecule has 0 radical (unpaired) electrons. The van der Waals surface area contributed by atoms with Gasteiger partial charge in [0.2, 0.25) is 0 Å². The summed E-state index contributed by atoms with van der Waals surface area (Å²) in [4.78, 5) is 16.6. The zero-order valence-electron chi connectivity index (χ0n) is 9.76. The van der Waals surface area contributed by atoms with E-state index in [0.29, 0.717) is 0 Å². The molecule has 1 amide bonds. The van der Waals surface area contributed by atoms with Crippen molar-refractivity contribution in [2.45, 2.75) is 52.7 Å². The Morgan fingerprint density at radius 1 is 1.50 bits per heavy atom. The zero-order valence-corrected chi connectivity index (χ0v) is 9.76. The van der Waals surface area contributed by atoms with Gasteiger partial charge in [-0.25, -0.2) is 5.48 Å². The molecule has 0 aliphatic rings. The van der Waals surface area contributed by atoms with Crippen molar-refractivity contribution in [3.8, 4) is 0 Å². The maximum atomic E-state index is 11.4. The number of carbonyl (C=O) groups excluding carboxylic acids is 1. The van der Waals surface area contributed by atoms with Gasteiger partial charge < -0.3 is 5.73 Å². The van der Waals surface area contributed by atoms with E-state index in [1.807, 2.05) is 34.6 Å². The molecule has 0 aliphatic carbocycles.